The molecule has 4 N–H and O–H groups in total. The molecule has 0 spiro atoms. The predicted molar refractivity (Wildman–Crippen MR) is 137 cm³/mol. The average molecular weight is 478 g/mol. The highest BCUT2D eigenvalue weighted by atomic mass is 16.5. The first-order valence-electron chi connectivity index (χ1n) is 12.9. The summed E-state index contributed by atoms with van der Waals surface area (Å²) in [5.74, 6) is 1.52. The molecule has 0 aliphatic heterocycles. The van der Waals surface area contributed by atoms with Crippen molar-refractivity contribution in [3.63, 3.8) is 0 Å². The largest absolute Gasteiger partial charge is 0.462 e. The fourth-order valence-electron chi connectivity index (χ4n) is 5.20. The number of benzene rings is 1. The van der Waals surface area contributed by atoms with E-state index >= 15 is 0 Å². The van der Waals surface area contributed by atoms with Gasteiger partial charge in [-0.25, -0.2) is 9.78 Å². The van der Waals surface area contributed by atoms with Gasteiger partial charge in [-0.1, -0.05) is 12.8 Å². The first kappa shape index (κ1) is 23.5. The Morgan fingerprint density at radius 1 is 1.09 bits per heavy atom. The van der Waals surface area contributed by atoms with Crippen molar-refractivity contribution in [2.45, 2.75) is 70.4 Å². The Morgan fingerprint density at radius 2 is 1.83 bits per heavy atom. The molecule has 0 atom stereocenters. The molecule has 5 rings (SSSR count). The summed E-state index contributed by atoms with van der Waals surface area (Å²) in [4.78, 5) is 26.4. The minimum absolute atomic E-state index is 0.325. The quantitative estimate of drug-likeness (QED) is 0.396. The summed E-state index contributed by atoms with van der Waals surface area (Å²) in [6, 6.07) is 7.98. The number of aromatic nitrogens is 4. The van der Waals surface area contributed by atoms with Crippen LogP contribution in [0.1, 0.15) is 74.7 Å². The molecule has 2 aromatic heterocycles. The van der Waals surface area contributed by atoms with Crippen molar-refractivity contribution >= 4 is 34.6 Å². The van der Waals surface area contributed by atoms with E-state index in [1.807, 2.05) is 18.5 Å². The number of ether oxygens (including phenoxy) is 1. The highest BCUT2D eigenvalue weighted by Crippen LogP contribution is 2.34. The van der Waals surface area contributed by atoms with Crippen molar-refractivity contribution in [3.8, 4) is 0 Å². The van der Waals surface area contributed by atoms with Crippen LogP contribution in [0.4, 0.5) is 17.5 Å². The number of carbonyl (C=O) groups is 1. The number of fused-ring (bicyclic) bond motifs is 1. The van der Waals surface area contributed by atoms with Crippen molar-refractivity contribution in [1.82, 2.24) is 19.5 Å². The van der Waals surface area contributed by atoms with E-state index in [-0.39, 0.29) is 5.97 Å². The van der Waals surface area contributed by atoms with Gasteiger partial charge in [-0.15, -0.1) is 0 Å². The third kappa shape index (κ3) is 5.40. The molecule has 35 heavy (non-hydrogen) atoms. The zero-order chi connectivity index (χ0) is 24.2. The smallest absolute Gasteiger partial charge is 0.338 e. The van der Waals surface area contributed by atoms with Gasteiger partial charge in [-0.05, 0) is 75.6 Å². The fraction of sp³-hybridized carbons (Fsp3) is 0.538. The number of rotatable bonds is 8. The second-order valence-corrected chi connectivity index (χ2v) is 9.74. The molecule has 9 nitrogen and oxygen atoms in total. The molecule has 2 saturated carbocycles. The number of nitrogens with zero attached hydrogens (tertiary/aromatic N) is 4. The third-order valence-electron chi connectivity index (χ3n) is 7.24. The summed E-state index contributed by atoms with van der Waals surface area (Å²) in [5, 5.41) is 6.89. The minimum Gasteiger partial charge on any atom is -0.462 e. The SMILES string of the molecule is CCOC(=O)c1ccc(Nc2nc(NCC3CCC(N)CC3)nc3c2ncn3C2CCCC2)cc1. The zero-order valence-corrected chi connectivity index (χ0v) is 20.4. The van der Waals surface area contributed by atoms with Crippen molar-refractivity contribution in [2.75, 3.05) is 23.8 Å². The van der Waals surface area contributed by atoms with Gasteiger partial charge in [-0.3, -0.25) is 0 Å². The van der Waals surface area contributed by atoms with Crippen LogP contribution in [0.3, 0.4) is 0 Å². The van der Waals surface area contributed by atoms with Gasteiger partial charge in [0.15, 0.2) is 17.0 Å². The van der Waals surface area contributed by atoms with Crippen LogP contribution in [-0.2, 0) is 4.74 Å². The maximum Gasteiger partial charge on any atom is 0.338 e. The first-order chi connectivity index (χ1) is 17.1. The molecule has 9 heteroatoms. The summed E-state index contributed by atoms with van der Waals surface area (Å²) in [7, 11) is 0. The lowest BCUT2D eigenvalue weighted by Gasteiger charge is -2.26. The molecule has 2 aliphatic carbocycles. The number of hydrogen-bond acceptors (Lipinski definition) is 8. The number of nitrogens with two attached hydrogens (primary N) is 1. The highest BCUT2D eigenvalue weighted by Gasteiger charge is 2.23. The summed E-state index contributed by atoms with van der Waals surface area (Å²) >= 11 is 0. The first-order valence-corrected chi connectivity index (χ1v) is 12.9. The Bertz CT molecular complexity index is 1150. The number of hydrogen-bond donors (Lipinski definition) is 3. The van der Waals surface area contributed by atoms with E-state index in [1.165, 1.54) is 12.8 Å². The van der Waals surface area contributed by atoms with E-state index in [0.29, 0.717) is 41.9 Å². The van der Waals surface area contributed by atoms with E-state index < -0.39 is 0 Å². The molecule has 3 aromatic rings. The molecular weight excluding hydrogens is 442 g/mol. The van der Waals surface area contributed by atoms with E-state index in [2.05, 4.69) is 20.2 Å². The van der Waals surface area contributed by atoms with Crippen LogP contribution >= 0.6 is 0 Å². The van der Waals surface area contributed by atoms with Gasteiger partial charge in [0, 0.05) is 24.3 Å². The van der Waals surface area contributed by atoms with Crippen molar-refractivity contribution in [1.29, 1.82) is 0 Å². The third-order valence-corrected chi connectivity index (χ3v) is 7.24. The zero-order valence-electron chi connectivity index (χ0n) is 20.4. The van der Waals surface area contributed by atoms with Gasteiger partial charge in [0.2, 0.25) is 5.95 Å². The summed E-state index contributed by atoms with van der Waals surface area (Å²) in [5.41, 5.74) is 9.02. The second-order valence-electron chi connectivity index (χ2n) is 9.74. The normalized spacial score (nSPS) is 20.7. The molecule has 0 unspecified atom stereocenters. The minimum atomic E-state index is -0.325. The lowest BCUT2D eigenvalue weighted by atomic mass is 9.86. The van der Waals surface area contributed by atoms with Crippen LogP contribution < -0.4 is 16.4 Å². The molecule has 2 heterocycles. The van der Waals surface area contributed by atoms with Crippen LogP contribution in [0, 0.1) is 5.92 Å². The topological polar surface area (TPSA) is 120 Å². The van der Waals surface area contributed by atoms with Gasteiger partial charge in [0.25, 0.3) is 0 Å². The lowest BCUT2D eigenvalue weighted by Crippen LogP contribution is -2.29. The van der Waals surface area contributed by atoms with E-state index in [4.69, 9.17) is 20.4 Å². The second kappa shape index (κ2) is 10.6. The van der Waals surface area contributed by atoms with E-state index in [0.717, 1.165) is 61.9 Å². The molecular formula is C26H35N7O2. The maximum atomic E-state index is 12.0. The van der Waals surface area contributed by atoms with E-state index in [1.54, 1.807) is 19.1 Å². The highest BCUT2D eigenvalue weighted by molar-refractivity contribution is 5.90. The van der Waals surface area contributed by atoms with Crippen molar-refractivity contribution in [2.24, 2.45) is 11.7 Å². The van der Waals surface area contributed by atoms with Crippen LogP contribution in [0.15, 0.2) is 30.6 Å². The van der Waals surface area contributed by atoms with Crippen LogP contribution in [0.25, 0.3) is 11.2 Å². The molecule has 186 valence electrons. The Kier molecular flexibility index (Phi) is 7.13. The summed E-state index contributed by atoms with van der Waals surface area (Å²) in [6.07, 6.45) is 11.1. The summed E-state index contributed by atoms with van der Waals surface area (Å²) in [6.45, 7) is 2.99. The Labute approximate surface area is 205 Å². The predicted octanol–water partition coefficient (Wildman–Crippen LogP) is 4.79. The number of carbonyl (C=O) groups excluding carboxylic acids is 1. The van der Waals surface area contributed by atoms with Crippen LogP contribution in [-0.4, -0.2) is 44.7 Å². The van der Waals surface area contributed by atoms with E-state index in [9.17, 15) is 4.79 Å². The number of anilines is 3. The monoisotopic (exact) mass is 477 g/mol. The molecule has 0 amide bonds. The number of imidazole rings is 1. The van der Waals surface area contributed by atoms with Gasteiger partial charge in [0.05, 0.1) is 18.5 Å². The Morgan fingerprint density at radius 3 is 2.54 bits per heavy atom. The van der Waals surface area contributed by atoms with Crippen LogP contribution in [0.2, 0.25) is 0 Å². The van der Waals surface area contributed by atoms with Crippen molar-refractivity contribution in [3.05, 3.63) is 36.2 Å². The van der Waals surface area contributed by atoms with Gasteiger partial charge in [0.1, 0.15) is 0 Å². The average Bonchev–Trinajstić information content (AvgIpc) is 3.54. The molecule has 0 saturated heterocycles. The van der Waals surface area contributed by atoms with Crippen LogP contribution in [0.5, 0.6) is 0 Å². The number of esters is 1. The number of nitrogens with one attached hydrogen (secondary N) is 2. The Hall–Kier alpha value is -3.20. The standard InChI is InChI=1S/C26H35N7O2/c1-2-35-25(34)18-9-13-20(14-10-18)30-23-22-24(33(16-29-22)21-5-3-4-6-21)32-26(31-23)28-15-17-7-11-19(27)12-8-17/h9-10,13-14,16-17,19,21H,2-8,11-12,15,27H2,1H3,(H2,28,30,31,32). The summed E-state index contributed by atoms with van der Waals surface area (Å²) < 4.78 is 7.30. The fourth-order valence-corrected chi connectivity index (χ4v) is 5.20. The molecule has 1 aromatic carbocycles. The molecule has 0 radical (unpaired) electrons. The van der Waals surface area contributed by atoms with Gasteiger partial charge < -0.3 is 25.7 Å². The lowest BCUT2D eigenvalue weighted by molar-refractivity contribution is 0.0526. The van der Waals surface area contributed by atoms with Crippen molar-refractivity contribution < 1.29 is 9.53 Å². The molecule has 2 aliphatic rings. The maximum absolute atomic E-state index is 12.0. The van der Waals surface area contributed by atoms with Gasteiger partial charge >= 0.3 is 5.97 Å². The van der Waals surface area contributed by atoms with Gasteiger partial charge in [-0.2, -0.15) is 9.97 Å². The molecule has 2 fully saturated rings. The molecule has 0 bridgehead atoms. The Balaban J connectivity index is 1.40.